The van der Waals surface area contributed by atoms with E-state index in [0.717, 1.165) is 0 Å². The summed E-state index contributed by atoms with van der Waals surface area (Å²) in [4.78, 5) is 22.2. The summed E-state index contributed by atoms with van der Waals surface area (Å²) in [5, 5.41) is 0. The minimum absolute atomic E-state index is 0.468. The van der Waals surface area contributed by atoms with Gasteiger partial charge >= 0.3 is 11.9 Å². The summed E-state index contributed by atoms with van der Waals surface area (Å²) in [5.41, 5.74) is 0. The van der Waals surface area contributed by atoms with Crippen LogP contribution in [-0.2, 0) is 28.5 Å². The van der Waals surface area contributed by atoms with Crippen molar-refractivity contribution >= 4 is 11.9 Å². The van der Waals surface area contributed by atoms with Crippen molar-refractivity contribution in [1.29, 1.82) is 0 Å². The van der Waals surface area contributed by atoms with Gasteiger partial charge in [-0.15, -0.1) is 0 Å². The molecule has 1 aliphatic carbocycles. The fourth-order valence-corrected chi connectivity index (χ4v) is 1.89. The van der Waals surface area contributed by atoms with Crippen molar-refractivity contribution in [2.24, 2.45) is 0 Å². The molecule has 0 aliphatic heterocycles. The normalized spacial score (nSPS) is 30.9. The van der Waals surface area contributed by atoms with E-state index in [0.29, 0.717) is 0 Å². The van der Waals surface area contributed by atoms with Crippen molar-refractivity contribution in [3.05, 3.63) is 12.2 Å². The van der Waals surface area contributed by atoms with Crippen LogP contribution in [0, 0.1) is 0 Å². The van der Waals surface area contributed by atoms with Crippen LogP contribution >= 0.6 is 0 Å². The molecule has 0 aromatic heterocycles. The maximum Gasteiger partial charge on any atom is 0.303 e. The van der Waals surface area contributed by atoms with Crippen LogP contribution in [0.25, 0.3) is 0 Å². The Labute approximate surface area is 106 Å². The van der Waals surface area contributed by atoms with E-state index in [9.17, 15) is 9.59 Å². The minimum atomic E-state index is -0.716. The third-order valence-corrected chi connectivity index (χ3v) is 2.61. The molecule has 0 saturated carbocycles. The fraction of sp³-hybridized carbons (Fsp3) is 0.667. The number of ether oxygens (including phenoxy) is 4. The van der Waals surface area contributed by atoms with Crippen molar-refractivity contribution in [2.75, 3.05) is 14.2 Å². The molecule has 1 rings (SSSR count). The predicted molar refractivity (Wildman–Crippen MR) is 61.8 cm³/mol. The maximum atomic E-state index is 11.1. The number of carbonyl (C=O) groups excluding carboxylic acids is 2. The van der Waals surface area contributed by atoms with Gasteiger partial charge in [-0.25, -0.2) is 0 Å². The molecular weight excluding hydrogens is 240 g/mol. The van der Waals surface area contributed by atoms with Gasteiger partial charge in [0.15, 0.2) is 12.2 Å². The molecular formula is C12H18O6. The average molecular weight is 258 g/mol. The summed E-state index contributed by atoms with van der Waals surface area (Å²) < 4.78 is 20.7. The largest absolute Gasteiger partial charge is 0.455 e. The van der Waals surface area contributed by atoms with E-state index in [4.69, 9.17) is 18.9 Å². The summed E-state index contributed by atoms with van der Waals surface area (Å²) in [5.74, 6) is -0.936. The standard InChI is InChI=1S/C12H18O6/c1-7(13)17-11-9(15-3)5-6-10(16-4)12(11)18-8(2)14/h5-6,9-12H,1-4H3/t9-,10-,11+,12+/m1/s1. The number of methoxy groups -OCH3 is 2. The van der Waals surface area contributed by atoms with E-state index in [1.54, 1.807) is 12.2 Å². The van der Waals surface area contributed by atoms with Gasteiger partial charge in [0.1, 0.15) is 12.2 Å². The Hall–Kier alpha value is -1.40. The third-order valence-electron chi connectivity index (χ3n) is 2.61. The van der Waals surface area contributed by atoms with Gasteiger partial charge in [-0.3, -0.25) is 9.59 Å². The highest BCUT2D eigenvalue weighted by atomic mass is 16.6. The zero-order valence-corrected chi connectivity index (χ0v) is 10.9. The highest BCUT2D eigenvalue weighted by Gasteiger charge is 2.41. The van der Waals surface area contributed by atoms with Gasteiger partial charge in [-0.05, 0) is 0 Å². The second kappa shape index (κ2) is 6.51. The summed E-state index contributed by atoms with van der Waals surface area (Å²) in [6, 6.07) is 0. The Morgan fingerprint density at radius 3 is 1.39 bits per heavy atom. The molecule has 0 aromatic carbocycles. The first-order valence-electron chi connectivity index (χ1n) is 5.58. The van der Waals surface area contributed by atoms with Crippen molar-refractivity contribution < 1.29 is 28.5 Å². The summed E-state index contributed by atoms with van der Waals surface area (Å²) in [6.07, 6.45) is 1.08. The van der Waals surface area contributed by atoms with Crippen molar-refractivity contribution in [3.8, 4) is 0 Å². The second-order valence-corrected chi connectivity index (χ2v) is 3.93. The lowest BCUT2D eigenvalue weighted by atomic mass is 9.95. The van der Waals surface area contributed by atoms with Crippen molar-refractivity contribution in [3.63, 3.8) is 0 Å². The molecule has 102 valence electrons. The molecule has 0 radical (unpaired) electrons. The summed E-state index contributed by atoms with van der Waals surface area (Å²) in [6.45, 7) is 2.58. The summed E-state index contributed by atoms with van der Waals surface area (Å²) >= 11 is 0. The number of hydrogen-bond donors (Lipinski definition) is 0. The molecule has 6 nitrogen and oxygen atoms in total. The molecule has 0 aromatic rings. The molecule has 1 aliphatic rings. The lowest BCUT2D eigenvalue weighted by Crippen LogP contribution is -2.51. The van der Waals surface area contributed by atoms with Crippen molar-refractivity contribution in [2.45, 2.75) is 38.3 Å². The number of esters is 2. The first kappa shape index (κ1) is 14.7. The van der Waals surface area contributed by atoms with Gasteiger partial charge < -0.3 is 18.9 Å². The van der Waals surface area contributed by atoms with Crippen LogP contribution in [0.15, 0.2) is 12.2 Å². The first-order chi connectivity index (χ1) is 8.49. The molecule has 0 saturated heterocycles. The van der Waals surface area contributed by atoms with Crippen LogP contribution in [0.3, 0.4) is 0 Å². The molecule has 18 heavy (non-hydrogen) atoms. The van der Waals surface area contributed by atoms with Crippen LogP contribution in [0.2, 0.25) is 0 Å². The number of carbonyl (C=O) groups is 2. The van der Waals surface area contributed by atoms with E-state index in [1.807, 2.05) is 0 Å². The molecule has 0 amide bonds. The van der Waals surface area contributed by atoms with Crippen molar-refractivity contribution in [1.82, 2.24) is 0 Å². The molecule has 6 heteroatoms. The zero-order chi connectivity index (χ0) is 13.7. The van der Waals surface area contributed by atoms with E-state index in [1.165, 1.54) is 28.1 Å². The van der Waals surface area contributed by atoms with E-state index in [2.05, 4.69) is 0 Å². The molecule has 0 unspecified atom stereocenters. The van der Waals surface area contributed by atoms with Gasteiger partial charge in [-0.1, -0.05) is 12.2 Å². The van der Waals surface area contributed by atoms with Gasteiger partial charge in [-0.2, -0.15) is 0 Å². The van der Waals surface area contributed by atoms with E-state index in [-0.39, 0.29) is 0 Å². The molecule has 0 fully saturated rings. The van der Waals surface area contributed by atoms with Gasteiger partial charge in [0.05, 0.1) is 0 Å². The van der Waals surface area contributed by atoms with E-state index >= 15 is 0 Å². The van der Waals surface area contributed by atoms with Crippen LogP contribution < -0.4 is 0 Å². The Bertz CT molecular complexity index is 305. The number of hydrogen-bond acceptors (Lipinski definition) is 6. The van der Waals surface area contributed by atoms with Crippen LogP contribution in [0.5, 0.6) is 0 Å². The SMILES string of the molecule is CO[C@@H]1C=C[C@@H](OC)[C@H](OC(C)=O)[C@H]1OC(C)=O. The average Bonchev–Trinajstić information content (AvgIpc) is 2.29. The molecule has 0 spiro atoms. The highest BCUT2D eigenvalue weighted by molar-refractivity contribution is 5.67. The molecule has 4 atom stereocenters. The fourth-order valence-electron chi connectivity index (χ4n) is 1.89. The summed E-state index contributed by atoms with van der Waals surface area (Å²) in [7, 11) is 2.98. The quantitative estimate of drug-likeness (QED) is 0.538. The van der Waals surface area contributed by atoms with Gasteiger partial charge in [0.2, 0.25) is 0 Å². The lowest BCUT2D eigenvalue weighted by molar-refractivity contribution is -0.185. The maximum absolute atomic E-state index is 11.1. The van der Waals surface area contributed by atoms with Crippen LogP contribution in [-0.4, -0.2) is 50.6 Å². The Morgan fingerprint density at radius 2 is 1.17 bits per heavy atom. The monoisotopic (exact) mass is 258 g/mol. The first-order valence-corrected chi connectivity index (χ1v) is 5.58. The third kappa shape index (κ3) is 3.54. The zero-order valence-electron chi connectivity index (χ0n) is 10.9. The van der Waals surface area contributed by atoms with Gasteiger partial charge in [0, 0.05) is 28.1 Å². The minimum Gasteiger partial charge on any atom is -0.455 e. The Kier molecular flexibility index (Phi) is 5.30. The highest BCUT2D eigenvalue weighted by Crippen LogP contribution is 2.24. The lowest BCUT2D eigenvalue weighted by Gasteiger charge is -2.36. The topological polar surface area (TPSA) is 71.1 Å². The van der Waals surface area contributed by atoms with Crippen LogP contribution in [0.4, 0.5) is 0 Å². The smallest absolute Gasteiger partial charge is 0.303 e. The molecule has 0 bridgehead atoms. The Morgan fingerprint density at radius 1 is 0.833 bits per heavy atom. The molecule has 0 heterocycles. The van der Waals surface area contributed by atoms with E-state index < -0.39 is 36.4 Å². The Balaban J connectivity index is 2.96. The predicted octanol–water partition coefficient (Wildman–Crippen LogP) is 0.450. The van der Waals surface area contributed by atoms with Crippen LogP contribution in [0.1, 0.15) is 13.8 Å². The van der Waals surface area contributed by atoms with Gasteiger partial charge in [0.25, 0.3) is 0 Å². The number of rotatable bonds is 4. The molecule has 0 N–H and O–H groups in total. The second-order valence-electron chi connectivity index (χ2n) is 3.93.